The first kappa shape index (κ1) is 18.7. The summed E-state index contributed by atoms with van der Waals surface area (Å²) in [5.41, 5.74) is 6.37. The zero-order valence-electron chi connectivity index (χ0n) is 14.4. The SMILES string of the molecule is COc1cccc(Oc2ccc(CNC(=O)CC(CN)OC)cn2)c1. The van der Waals surface area contributed by atoms with Gasteiger partial charge in [0.15, 0.2) is 0 Å². The van der Waals surface area contributed by atoms with E-state index in [1.807, 2.05) is 24.3 Å². The molecular formula is C18H23N3O4. The van der Waals surface area contributed by atoms with Crippen molar-refractivity contribution in [2.75, 3.05) is 20.8 Å². The molecule has 2 aromatic rings. The van der Waals surface area contributed by atoms with Crippen LogP contribution in [0.3, 0.4) is 0 Å². The summed E-state index contributed by atoms with van der Waals surface area (Å²) in [4.78, 5) is 16.1. The average Bonchev–Trinajstić information content (AvgIpc) is 2.65. The second-order valence-corrected chi connectivity index (χ2v) is 5.36. The first-order valence-corrected chi connectivity index (χ1v) is 7.91. The molecule has 0 aliphatic heterocycles. The fourth-order valence-corrected chi connectivity index (χ4v) is 2.10. The molecule has 1 aromatic carbocycles. The Morgan fingerprint density at radius 1 is 1.24 bits per heavy atom. The molecule has 134 valence electrons. The number of benzene rings is 1. The number of nitrogens with one attached hydrogen (secondary N) is 1. The molecule has 0 fully saturated rings. The number of hydrogen-bond acceptors (Lipinski definition) is 6. The number of ether oxygens (including phenoxy) is 3. The molecule has 0 spiro atoms. The van der Waals surface area contributed by atoms with Gasteiger partial charge in [0.1, 0.15) is 11.5 Å². The van der Waals surface area contributed by atoms with Crippen molar-refractivity contribution in [2.45, 2.75) is 19.1 Å². The Balaban J connectivity index is 1.86. The quantitative estimate of drug-likeness (QED) is 0.720. The van der Waals surface area contributed by atoms with Crippen molar-refractivity contribution in [3.8, 4) is 17.4 Å². The van der Waals surface area contributed by atoms with Crippen molar-refractivity contribution in [3.63, 3.8) is 0 Å². The van der Waals surface area contributed by atoms with Gasteiger partial charge in [0.05, 0.1) is 19.6 Å². The van der Waals surface area contributed by atoms with Crippen molar-refractivity contribution in [3.05, 3.63) is 48.2 Å². The summed E-state index contributed by atoms with van der Waals surface area (Å²) in [5, 5.41) is 2.81. The maximum Gasteiger partial charge on any atom is 0.222 e. The monoisotopic (exact) mass is 345 g/mol. The fourth-order valence-electron chi connectivity index (χ4n) is 2.10. The van der Waals surface area contributed by atoms with Gasteiger partial charge in [-0.1, -0.05) is 12.1 Å². The molecule has 0 saturated heterocycles. The van der Waals surface area contributed by atoms with E-state index in [4.69, 9.17) is 19.9 Å². The topological polar surface area (TPSA) is 95.7 Å². The van der Waals surface area contributed by atoms with E-state index in [1.165, 1.54) is 7.11 Å². The molecule has 1 unspecified atom stereocenters. The lowest BCUT2D eigenvalue weighted by molar-refractivity contribution is -0.123. The van der Waals surface area contributed by atoms with Crippen molar-refractivity contribution < 1.29 is 19.0 Å². The number of carbonyl (C=O) groups excluding carboxylic acids is 1. The molecular weight excluding hydrogens is 322 g/mol. The Bertz CT molecular complexity index is 672. The van der Waals surface area contributed by atoms with Crippen LogP contribution in [0.4, 0.5) is 0 Å². The van der Waals surface area contributed by atoms with Crippen LogP contribution in [0.15, 0.2) is 42.6 Å². The lowest BCUT2D eigenvalue weighted by Crippen LogP contribution is -2.31. The van der Waals surface area contributed by atoms with Gasteiger partial charge in [0.25, 0.3) is 0 Å². The van der Waals surface area contributed by atoms with Crippen molar-refractivity contribution in [1.82, 2.24) is 10.3 Å². The highest BCUT2D eigenvalue weighted by Crippen LogP contribution is 2.23. The summed E-state index contributed by atoms with van der Waals surface area (Å²) in [6.07, 6.45) is 1.63. The van der Waals surface area contributed by atoms with Gasteiger partial charge in [-0.3, -0.25) is 4.79 Å². The summed E-state index contributed by atoms with van der Waals surface area (Å²) in [5.74, 6) is 1.70. The standard InChI is InChI=1S/C18H23N3O4/c1-23-14-4-3-5-15(8-14)25-18-7-6-13(12-21-18)11-20-17(22)9-16(10-19)24-2/h3-8,12,16H,9-11,19H2,1-2H3,(H,20,22). The van der Waals surface area contributed by atoms with Gasteiger partial charge in [-0.2, -0.15) is 0 Å². The summed E-state index contributed by atoms with van der Waals surface area (Å²) >= 11 is 0. The first-order chi connectivity index (χ1) is 12.1. The number of pyridine rings is 1. The van der Waals surface area contributed by atoms with Crippen LogP contribution in [-0.2, 0) is 16.1 Å². The van der Waals surface area contributed by atoms with Gasteiger partial charge in [-0.05, 0) is 17.7 Å². The third-order valence-electron chi connectivity index (χ3n) is 3.56. The van der Waals surface area contributed by atoms with Gasteiger partial charge in [0, 0.05) is 38.5 Å². The summed E-state index contributed by atoms with van der Waals surface area (Å²) in [6.45, 7) is 0.689. The molecule has 2 rings (SSSR count). The van der Waals surface area contributed by atoms with E-state index in [1.54, 1.807) is 25.4 Å². The van der Waals surface area contributed by atoms with E-state index in [2.05, 4.69) is 10.3 Å². The first-order valence-electron chi connectivity index (χ1n) is 7.91. The minimum atomic E-state index is -0.267. The zero-order chi connectivity index (χ0) is 18.1. The molecule has 1 heterocycles. The van der Waals surface area contributed by atoms with Crippen molar-refractivity contribution in [1.29, 1.82) is 0 Å². The Labute approximate surface area is 147 Å². The van der Waals surface area contributed by atoms with Gasteiger partial charge >= 0.3 is 0 Å². The predicted molar refractivity (Wildman–Crippen MR) is 93.6 cm³/mol. The van der Waals surface area contributed by atoms with Crippen LogP contribution in [0.1, 0.15) is 12.0 Å². The summed E-state index contributed by atoms with van der Waals surface area (Å²) in [6, 6.07) is 10.9. The molecule has 1 atom stereocenters. The zero-order valence-corrected chi connectivity index (χ0v) is 14.4. The summed E-state index contributed by atoms with van der Waals surface area (Å²) < 4.78 is 15.9. The van der Waals surface area contributed by atoms with Crippen LogP contribution in [0.5, 0.6) is 17.4 Å². The van der Waals surface area contributed by atoms with Crippen LogP contribution in [0.2, 0.25) is 0 Å². The van der Waals surface area contributed by atoms with E-state index >= 15 is 0 Å². The lowest BCUT2D eigenvalue weighted by atomic mass is 10.2. The maximum atomic E-state index is 11.8. The molecule has 0 saturated carbocycles. The lowest BCUT2D eigenvalue weighted by Gasteiger charge is -2.12. The Kier molecular flexibility index (Phi) is 7.18. The Hall–Kier alpha value is -2.64. The molecule has 0 radical (unpaired) electrons. The summed E-state index contributed by atoms with van der Waals surface area (Å²) in [7, 11) is 3.14. The highest BCUT2D eigenvalue weighted by atomic mass is 16.5. The number of carbonyl (C=O) groups is 1. The molecule has 0 aliphatic carbocycles. The second kappa shape index (κ2) is 9.61. The molecule has 3 N–H and O–H groups in total. The molecule has 7 nitrogen and oxygen atoms in total. The van der Waals surface area contributed by atoms with Crippen molar-refractivity contribution >= 4 is 5.91 Å². The second-order valence-electron chi connectivity index (χ2n) is 5.36. The number of nitrogens with zero attached hydrogens (tertiary/aromatic N) is 1. The molecule has 0 bridgehead atoms. The number of nitrogens with two attached hydrogens (primary N) is 1. The highest BCUT2D eigenvalue weighted by Gasteiger charge is 2.11. The minimum Gasteiger partial charge on any atom is -0.497 e. The fraction of sp³-hybridized carbons (Fsp3) is 0.333. The highest BCUT2D eigenvalue weighted by molar-refractivity contribution is 5.76. The smallest absolute Gasteiger partial charge is 0.222 e. The van der Waals surface area contributed by atoms with E-state index < -0.39 is 0 Å². The van der Waals surface area contributed by atoms with Gasteiger partial charge in [-0.25, -0.2) is 4.98 Å². The van der Waals surface area contributed by atoms with Gasteiger partial charge < -0.3 is 25.3 Å². The van der Waals surface area contributed by atoms with Crippen molar-refractivity contribution in [2.24, 2.45) is 5.73 Å². The minimum absolute atomic E-state index is 0.117. The largest absolute Gasteiger partial charge is 0.497 e. The average molecular weight is 345 g/mol. The molecule has 25 heavy (non-hydrogen) atoms. The van der Waals surface area contributed by atoms with E-state index in [9.17, 15) is 4.79 Å². The molecule has 1 aromatic heterocycles. The maximum absolute atomic E-state index is 11.8. The number of methoxy groups -OCH3 is 2. The number of aromatic nitrogens is 1. The Morgan fingerprint density at radius 2 is 2.04 bits per heavy atom. The van der Waals surface area contributed by atoms with Crippen LogP contribution < -0.4 is 20.5 Å². The predicted octanol–water partition coefficient (Wildman–Crippen LogP) is 1.86. The number of hydrogen-bond donors (Lipinski definition) is 2. The van der Waals surface area contributed by atoms with Crippen LogP contribution in [-0.4, -0.2) is 37.8 Å². The van der Waals surface area contributed by atoms with E-state index in [0.29, 0.717) is 30.5 Å². The van der Waals surface area contributed by atoms with Crippen LogP contribution >= 0.6 is 0 Å². The number of rotatable bonds is 9. The van der Waals surface area contributed by atoms with Gasteiger partial charge in [0.2, 0.25) is 11.8 Å². The van der Waals surface area contributed by atoms with E-state index in [-0.39, 0.29) is 18.4 Å². The Morgan fingerprint density at radius 3 is 2.68 bits per heavy atom. The number of amides is 1. The van der Waals surface area contributed by atoms with Crippen LogP contribution in [0, 0.1) is 0 Å². The third-order valence-corrected chi connectivity index (χ3v) is 3.56. The molecule has 7 heteroatoms. The molecule has 0 aliphatic rings. The molecule has 1 amide bonds. The van der Waals surface area contributed by atoms with E-state index in [0.717, 1.165) is 5.56 Å². The normalized spacial score (nSPS) is 11.6. The van der Waals surface area contributed by atoms with Gasteiger partial charge in [-0.15, -0.1) is 0 Å². The van der Waals surface area contributed by atoms with Crippen LogP contribution in [0.25, 0.3) is 0 Å². The third kappa shape index (κ3) is 6.06.